The molecule has 0 unspecified atom stereocenters. The van der Waals surface area contributed by atoms with Crippen LogP contribution in [0.5, 0.6) is 0 Å². The van der Waals surface area contributed by atoms with Crippen LogP contribution in [0.1, 0.15) is 36.8 Å². The van der Waals surface area contributed by atoms with Gasteiger partial charge in [0.2, 0.25) is 5.91 Å². The summed E-state index contributed by atoms with van der Waals surface area (Å²) in [5.41, 5.74) is 3.33. The van der Waals surface area contributed by atoms with Gasteiger partial charge in [-0.15, -0.1) is 0 Å². The van der Waals surface area contributed by atoms with Gasteiger partial charge in [-0.05, 0) is 48.9 Å². The number of hydrogen-bond acceptors (Lipinski definition) is 2. The van der Waals surface area contributed by atoms with E-state index in [1.807, 2.05) is 24.3 Å². The van der Waals surface area contributed by atoms with E-state index < -0.39 is 0 Å². The lowest BCUT2D eigenvalue weighted by Gasteiger charge is -2.24. The van der Waals surface area contributed by atoms with Crippen LogP contribution in [-0.4, -0.2) is 25.5 Å². The van der Waals surface area contributed by atoms with Gasteiger partial charge < -0.3 is 16.0 Å². The minimum Gasteiger partial charge on any atom is -0.356 e. The summed E-state index contributed by atoms with van der Waals surface area (Å²) in [6.45, 7) is 1.53. The molecule has 1 fully saturated rings. The predicted octanol–water partition coefficient (Wildman–Crippen LogP) is 3.72. The average Bonchev–Trinajstić information content (AvgIpc) is 2.67. The normalized spacial score (nSPS) is 14.2. The topological polar surface area (TPSA) is 65.5 Å². The Bertz CT molecular complexity index is 784. The molecule has 28 heavy (non-hydrogen) atoms. The zero-order valence-electron chi connectivity index (χ0n) is 16.6. The zero-order valence-corrected chi connectivity index (χ0v) is 16.6. The van der Waals surface area contributed by atoms with Crippen LogP contribution in [0.4, 0.5) is 5.69 Å². The van der Waals surface area contributed by atoms with Crippen molar-refractivity contribution in [3.63, 3.8) is 0 Å². The summed E-state index contributed by atoms with van der Waals surface area (Å²) in [5, 5.41) is 9.72. The van der Waals surface area contributed by atoms with E-state index in [-0.39, 0.29) is 11.8 Å². The molecular weight excluding hydrogens is 348 g/mol. The molecule has 0 saturated heterocycles. The highest BCUT2D eigenvalue weighted by atomic mass is 16.1. The Morgan fingerprint density at radius 2 is 1.82 bits per heavy atom. The summed E-state index contributed by atoms with van der Waals surface area (Å²) in [6.07, 6.45) is 5.29. The number of nitrogens with zero attached hydrogens (tertiary/aromatic N) is 1. The first-order chi connectivity index (χ1) is 13.7. The molecule has 5 heteroatoms. The molecule has 0 bridgehead atoms. The number of carbonyl (C=O) groups is 1. The number of amides is 1. The van der Waals surface area contributed by atoms with Crippen molar-refractivity contribution in [2.75, 3.05) is 18.9 Å². The van der Waals surface area contributed by atoms with E-state index in [1.54, 1.807) is 7.05 Å². The van der Waals surface area contributed by atoms with Gasteiger partial charge in [-0.1, -0.05) is 48.9 Å². The van der Waals surface area contributed by atoms with Gasteiger partial charge in [0.25, 0.3) is 0 Å². The Balaban J connectivity index is 1.40. The fourth-order valence-electron chi connectivity index (χ4n) is 3.22. The van der Waals surface area contributed by atoms with Crippen molar-refractivity contribution in [2.45, 2.75) is 38.6 Å². The number of aliphatic imine (C=N–C) groups is 1. The van der Waals surface area contributed by atoms with Gasteiger partial charge in [-0.2, -0.15) is 0 Å². The van der Waals surface area contributed by atoms with Crippen LogP contribution in [0.3, 0.4) is 0 Å². The number of nitrogens with one attached hydrogen (secondary N) is 3. The van der Waals surface area contributed by atoms with Crippen LogP contribution in [0, 0.1) is 5.92 Å². The predicted molar refractivity (Wildman–Crippen MR) is 115 cm³/mol. The number of guanidine groups is 1. The Labute approximate surface area is 167 Å². The summed E-state index contributed by atoms with van der Waals surface area (Å²) in [6, 6.07) is 18.5. The lowest BCUT2D eigenvalue weighted by molar-refractivity contribution is -0.122. The number of aryl methyl sites for hydroxylation is 1. The van der Waals surface area contributed by atoms with Gasteiger partial charge in [-0.25, -0.2) is 0 Å². The lowest BCUT2D eigenvalue weighted by atomic mass is 9.85. The quantitative estimate of drug-likeness (QED) is 0.373. The Hall–Kier alpha value is -2.82. The highest BCUT2D eigenvalue weighted by Crippen LogP contribution is 2.27. The van der Waals surface area contributed by atoms with E-state index in [0.717, 1.165) is 49.4 Å². The first kappa shape index (κ1) is 19.9. The standard InChI is InChI=1S/C23H30N4O/c1-24-23(25-15-7-11-18-8-3-2-4-9-18)26-17-19-10-5-14-21(16-19)27-22(28)20-12-6-13-20/h2-5,8-10,14,16,20H,6-7,11-13,15,17H2,1H3,(H,27,28)(H2,24,25,26). The lowest BCUT2D eigenvalue weighted by Crippen LogP contribution is -2.37. The van der Waals surface area contributed by atoms with Gasteiger partial charge in [0, 0.05) is 31.7 Å². The van der Waals surface area contributed by atoms with Crippen LogP contribution < -0.4 is 16.0 Å². The van der Waals surface area contributed by atoms with Crippen molar-refractivity contribution >= 4 is 17.6 Å². The van der Waals surface area contributed by atoms with E-state index in [2.05, 4.69) is 51.3 Å². The van der Waals surface area contributed by atoms with E-state index >= 15 is 0 Å². The molecule has 1 amide bonds. The van der Waals surface area contributed by atoms with E-state index in [0.29, 0.717) is 6.54 Å². The smallest absolute Gasteiger partial charge is 0.227 e. The largest absolute Gasteiger partial charge is 0.356 e. The third kappa shape index (κ3) is 6.12. The van der Waals surface area contributed by atoms with Gasteiger partial charge in [0.15, 0.2) is 5.96 Å². The summed E-state index contributed by atoms with van der Waals surface area (Å²) in [4.78, 5) is 16.4. The highest BCUT2D eigenvalue weighted by Gasteiger charge is 2.25. The minimum atomic E-state index is 0.146. The molecule has 0 aliphatic heterocycles. The van der Waals surface area contributed by atoms with Crippen molar-refractivity contribution in [3.8, 4) is 0 Å². The van der Waals surface area contributed by atoms with Crippen molar-refractivity contribution in [1.82, 2.24) is 10.6 Å². The van der Waals surface area contributed by atoms with Crippen LogP contribution in [0.15, 0.2) is 59.6 Å². The number of carbonyl (C=O) groups excluding carboxylic acids is 1. The Morgan fingerprint density at radius 1 is 1.04 bits per heavy atom. The number of rotatable bonds is 8. The molecule has 1 aliphatic rings. The molecule has 1 saturated carbocycles. The zero-order chi connectivity index (χ0) is 19.6. The first-order valence-corrected chi connectivity index (χ1v) is 10.1. The Morgan fingerprint density at radius 3 is 2.54 bits per heavy atom. The van der Waals surface area contributed by atoms with Crippen LogP contribution >= 0.6 is 0 Å². The molecular formula is C23H30N4O. The monoisotopic (exact) mass is 378 g/mol. The minimum absolute atomic E-state index is 0.146. The second kappa shape index (κ2) is 10.5. The molecule has 2 aromatic rings. The van der Waals surface area contributed by atoms with Crippen LogP contribution in [0.2, 0.25) is 0 Å². The second-order valence-corrected chi connectivity index (χ2v) is 7.26. The van der Waals surface area contributed by atoms with Crippen molar-refractivity contribution in [2.24, 2.45) is 10.9 Å². The summed E-state index contributed by atoms with van der Waals surface area (Å²) >= 11 is 0. The number of anilines is 1. The van der Waals surface area contributed by atoms with Crippen molar-refractivity contribution in [1.29, 1.82) is 0 Å². The summed E-state index contributed by atoms with van der Waals surface area (Å²) < 4.78 is 0. The molecule has 0 aromatic heterocycles. The maximum absolute atomic E-state index is 12.1. The van der Waals surface area contributed by atoms with Gasteiger partial charge in [-0.3, -0.25) is 9.79 Å². The third-order valence-corrected chi connectivity index (χ3v) is 5.13. The highest BCUT2D eigenvalue weighted by molar-refractivity contribution is 5.93. The molecule has 2 aromatic carbocycles. The van der Waals surface area contributed by atoms with Crippen molar-refractivity contribution in [3.05, 3.63) is 65.7 Å². The second-order valence-electron chi connectivity index (χ2n) is 7.26. The van der Waals surface area contributed by atoms with E-state index in [9.17, 15) is 4.79 Å². The maximum atomic E-state index is 12.1. The summed E-state index contributed by atoms with van der Waals surface area (Å²) in [5.74, 6) is 1.13. The fourth-order valence-corrected chi connectivity index (χ4v) is 3.22. The molecule has 0 heterocycles. The van der Waals surface area contributed by atoms with Gasteiger partial charge in [0.05, 0.1) is 0 Å². The SMILES string of the molecule is CN=C(NCCCc1ccccc1)NCc1cccc(NC(=O)C2CCC2)c1. The third-order valence-electron chi connectivity index (χ3n) is 5.13. The molecule has 0 radical (unpaired) electrons. The Kier molecular flexibility index (Phi) is 7.47. The molecule has 0 spiro atoms. The maximum Gasteiger partial charge on any atom is 0.227 e. The first-order valence-electron chi connectivity index (χ1n) is 10.1. The van der Waals surface area contributed by atoms with Crippen molar-refractivity contribution < 1.29 is 4.79 Å². The molecule has 5 nitrogen and oxygen atoms in total. The van der Waals surface area contributed by atoms with E-state index in [4.69, 9.17) is 0 Å². The number of benzene rings is 2. The van der Waals surface area contributed by atoms with Crippen LogP contribution in [0.25, 0.3) is 0 Å². The molecule has 3 N–H and O–H groups in total. The van der Waals surface area contributed by atoms with Crippen LogP contribution in [-0.2, 0) is 17.8 Å². The fraction of sp³-hybridized carbons (Fsp3) is 0.391. The van der Waals surface area contributed by atoms with E-state index in [1.165, 1.54) is 12.0 Å². The average molecular weight is 379 g/mol. The summed E-state index contributed by atoms with van der Waals surface area (Å²) in [7, 11) is 1.78. The molecule has 3 rings (SSSR count). The molecule has 148 valence electrons. The van der Waals surface area contributed by atoms with Gasteiger partial charge >= 0.3 is 0 Å². The van der Waals surface area contributed by atoms with Gasteiger partial charge in [0.1, 0.15) is 0 Å². The molecule has 1 aliphatic carbocycles. The number of hydrogen-bond donors (Lipinski definition) is 3. The molecule has 0 atom stereocenters.